The summed E-state index contributed by atoms with van der Waals surface area (Å²) in [5.74, 6) is -2.62. The molecule has 0 radical (unpaired) electrons. The minimum atomic E-state index is -0.600. The minimum absolute atomic E-state index is 0.0109. The van der Waals surface area contributed by atoms with Gasteiger partial charge in [-0.25, -0.2) is 0 Å². The van der Waals surface area contributed by atoms with Crippen LogP contribution in [-0.2, 0) is 33.5 Å². The highest BCUT2D eigenvalue weighted by atomic mass is 16.6. The molecule has 1 heterocycles. The Morgan fingerprint density at radius 3 is 1.88 bits per heavy atom. The number of rotatable bonds is 14. The summed E-state index contributed by atoms with van der Waals surface area (Å²) in [6.07, 6.45) is 3.39. The zero-order valence-electron chi connectivity index (χ0n) is 19.8. The van der Waals surface area contributed by atoms with Gasteiger partial charge in [0.15, 0.2) is 0 Å². The maximum Gasteiger partial charge on any atom is 0.308 e. The van der Waals surface area contributed by atoms with Gasteiger partial charge in [-0.3, -0.25) is 33.7 Å². The van der Waals surface area contributed by atoms with Crippen molar-refractivity contribution in [2.75, 3.05) is 32.7 Å². The van der Waals surface area contributed by atoms with E-state index >= 15 is 0 Å². The average Bonchev–Trinajstić information content (AvgIpc) is 3.05. The molecule has 1 aliphatic heterocycles. The van der Waals surface area contributed by atoms with Gasteiger partial charge in [0.05, 0.1) is 26.1 Å². The van der Waals surface area contributed by atoms with Crippen molar-refractivity contribution < 1.29 is 33.5 Å². The fourth-order valence-electron chi connectivity index (χ4n) is 2.64. The zero-order chi connectivity index (χ0) is 25.7. The second-order valence-corrected chi connectivity index (χ2v) is 8.46. The van der Waals surface area contributed by atoms with Crippen molar-refractivity contribution in [1.29, 1.82) is 0 Å². The van der Waals surface area contributed by atoms with Crippen LogP contribution in [-0.4, -0.2) is 78.7 Å². The Kier molecular flexibility index (Phi) is 11.5. The normalized spacial score (nSPS) is 12.9. The third kappa shape index (κ3) is 12.4. The predicted molar refractivity (Wildman–Crippen MR) is 122 cm³/mol. The van der Waals surface area contributed by atoms with Gasteiger partial charge in [-0.15, -0.1) is 0 Å². The van der Waals surface area contributed by atoms with E-state index in [2.05, 4.69) is 27.8 Å². The summed E-state index contributed by atoms with van der Waals surface area (Å²) in [5, 5.41) is 10.0. The Morgan fingerprint density at radius 1 is 0.853 bits per heavy atom. The van der Waals surface area contributed by atoms with Crippen molar-refractivity contribution >= 4 is 35.5 Å². The van der Waals surface area contributed by atoms with Gasteiger partial charge >= 0.3 is 5.97 Å². The Hall–Kier alpha value is -3.70. The fraction of sp³-hybridized carbons (Fsp3) is 0.545. The number of allylic oxidation sites excluding steroid dienone is 1. The lowest BCUT2D eigenvalue weighted by atomic mass is 10.2. The number of carbonyl (C=O) groups is 6. The summed E-state index contributed by atoms with van der Waals surface area (Å²) < 4.78 is 5.12. The molecule has 0 saturated carbocycles. The van der Waals surface area contributed by atoms with Gasteiger partial charge in [0.25, 0.3) is 11.8 Å². The fourth-order valence-corrected chi connectivity index (χ4v) is 2.64. The van der Waals surface area contributed by atoms with Crippen LogP contribution >= 0.6 is 0 Å². The molecule has 0 aliphatic carbocycles. The predicted octanol–water partition coefficient (Wildman–Crippen LogP) is -1.12. The van der Waals surface area contributed by atoms with Crippen molar-refractivity contribution in [2.24, 2.45) is 0 Å². The van der Waals surface area contributed by atoms with Crippen molar-refractivity contribution in [3.05, 3.63) is 24.4 Å². The molecule has 34 heavy (non-hydrogen) atoms. The molecule has 0 saturated heterocycles. The van der Waals surface area contributed by atoms with Crippen molar-refractivity contribution in [3.8, 4) is 0 Å². The topological polar surface area (TPSA) is 163 Å². The molecule has 4 N–H and O–H groups in total. The second kappa shape index (κ2) is 13.8. The van der Waals surface area contributed by atoms with Gasteiger partial charge in [-0.1, -0.05) is 6.58 Å². The molecule has 0 fully saturated rings. The van der Waals surface area contributed by atoms with E-state index in [-0.39, 0.29) is 51.0 Å². The quantitative estimate of drug-likeness (QED) is 0.180. The van der Waals surface area contributed by atoms with Crippen LogP contribution in [0.5, 0.6) is 0 Å². The molecule has 0 aromatic carbocycles. The average molecular weight is 480 g/mol. The van der Waals surface area contributed by atoms with Gasteiger partial charge in [0.1, 0.15) is 5.60 Å². The molecule has 1 rings (SSSR count). The maximum absolute atomic E-state index is 11.8. The summed E-state index contributed by atoms with van der Waals surface area (Å²) >= 11 is 0. The van der Waals surface area contributed by atoms with Gasteiger partial charge in [-0.05, 0) is 33.6 Å². The highest BCUT2D eigenvalue weighted by Crippen LogP contribution is 2.08. The van der Waals surface area contributed by atoms with Crippen molar-refractivity contribution in [3.63, 3.8) is 0 Å². The summed E-state index contributed by atoms with van der Waals surface area (Å²) in [4.78, 5) is 70.9. The molecule has 0 aromatic rings. The molecular formula is C22H33N5O7. The van der Waals surface area contributed by atoms with Crippen LogP contribution in [0.4, 0.5) is 0 Å². The van der Waals surface area contributed by atoms with Gasteiger partial charge in [0.2, 0.25) is 17.7 Å². The van der Waals surface area contributed by atoms with E-state index in [1.807, 2.05) is 0 Å². The molecule has 5 amide bonds. The first-order chi connectivity index (χ1) is 15.9. The number of nitrogens with zero attached hydrogens (tertiary/aromatic N) is 1. The number of carbonyl (C=O) groups excluding carboxylic acids is 6. The molecule has 0 unspecified atom stereocenters. The SMILES string of the molecule is C=C(CCCN1C(=O)C=CC1=O)NCC(=O)NCC(=O)NCC(=O)NCCC(=O)OC(C)(C)C. The van der Waals surface area contributed by atoms with Crippen molar-refractivity contribution in [2.45, 2.75) is 45.6 Å². The molecule has 0 spiro atoms. The smallest absolute Gasteiger partial charge is 0.308 e. The van der Waals surface area contributed by atoms with E-state index in [1.54, 1.807) is 20.8 Å². The lowest BCUT2D eigenvalue weighted by molar-refractivity contribution is -0.154. The summed E-state index contributed by atoms with van der Waals surface area (Å²) in [6, 6.07) is 0. The number of hydrogen-bond acceptors (Lipinski definition) is 8. The second-order valence-electron chi connectivity index (χ2n) is 8.46. The number of nitrogens with one attached hydrogen (secondary N) is 4. The van der Waals surface area contributed by atoms with E-state index in [0.29, 0.717) is 18.5 Å². The lowest BCUT2D eigenvalue weighted by Gasteiger charge is -2.19. The molecule has 12 heteroatoms. The van der Waals surface area contributed by atoms with E-state index in [1.165, 1.54) is 12.2 Å². The molecule has 0 atom stereocenters. The largest absolute Gasteiger partial charge is 0.460 e. The Morgan fingerprint density at radius 2 is 1.35 bits per heavy atom. The number of esters is 1. The summed E-state index contributed by atoms with van der Waals surface area (Å²) in [6.45, 7) is 8.62. The molecule has 0 aromatic heterocycles. The van der Waals surface area contributed by atoms with Crippen LogP contribution in [0.15, 0.2) is 24.4 Å². The number of ether oxygens (including phenoxy) is 1. The first-order valence-corrected chi connectivity index (χ1v) is 10.8. The number of hydrogen-bond donors (Lipinski definition) is 4. The van der Waals surface area contributed by atoms with Crippen LogP contribution in [0, 0.1) is 0 Å². The molecule has 0 bridgehead atoms. The third-order valence-electron chi connectivity index (χ3n) is 4.22. The van der Waals surface area contributed by atoms with Crippen LogP contribution in [0.25, 0.3) is 0 Å². The molecule has 188 valence electrons. The Balaban J connectivity index is 2.09. The van der Waals surface area contributed by atoms with Crippen LogP contribution in [0.3, 0.4) is 0 Å². The molecule has 12 nitrogen and oxygen atoms in total. The maximum atomic E-state index is 11.8. The highest BCUT2D eigenvalue weighted by molar-refractivity contribution is 6.12. The zero-order valence-corrected chi connectivity index (χ0v) is 19.8. The molecular weight excluding hydrogens is 446 g/mol. The Labute approximate surface area is 198 Å². The minimum Gasteiger partial charge on any atom is -0.460 e. The summed E-state index contributed by atoms with van der Waals surface area (Å²) in [5.41, 5.74) is -0.0498. The van der Waals surface area contributed by atoms with Crippen molar-refractivity contribution in [1.82, 2.24) is 26.2 Å². The van der Waals surface area contributed by atoms with E-state index in [9.17, 15) is 28.8 Å². The van der Waals surface area contributed by atoms with Crippen LogP contribution < -0.4 is 21.3 Å². The lowest BCUT2D eigenvalue weighted by Crippen LogP contribution is -2.44. The number of amides is 5. The van der Waals surface area contributed by atoms with Gasteiger partial charge < -0.3 is 26.0 Å². The molecule has 1 aliphatic rings. The highest BCUT2D eigenvalue weighted by Gasteiger charge is 2.22. The van der Waals surface area contributed by atoms with E-state index < -0.39 is 29.3 Å². The van der Waals surface area contributed by atoms with Gasteiger partial charge in [0, 0.05) is 30.9 Å². The van der Waals surface area contributed by atoms with E-state index in [4.69, 9.17) is 4.74 Å². The van der Waals surface area contributed by atoms with Gasteiger partial charge in [-0.2, -0.15) is 0 Å². The monoisotopic (exact) mass is 479 g/mol. The first-order valence-electron chi connectivity index (χ1n) is 10.8. The third-order valence-corrected chi connectivity index (χ3v) is 4.22. The Bertz CT molecular complexity index is 827. The standard InChI is InChI=1S/C22H33N5O7/c1-15(6-5-11-27-19(31)7-8-20(27)32)24-12-17(29)26-14-18(30)25-13-16(28)23-10-9-21(33)34-22(2,3)4/h7-8,24H,1,5-6,9-14H2,2-4H3,(H,23,28)(H,25,30)(H,26,29). The van der Waals surface area contributed by atoms with Crippen LogP contribution in [0.1, 0.15) is 40.0 Å². The summed E-state index contributed by atoms with van der Waals surface area (Å²) in [7, 11) is 0. The number of imide groups is 1. The van der Waals surface area contributed by atoms with E-state index in [0.717, 1.165) is 4.90 Å². The first kappa shape index (κ1) is 28.3. The van der Waals surface area contributed by atoms with Crippen LogP contribution in [0.2, 0.25) is 0 Å².